The lowest BCUT2D eigenvalue weighted by Gasteiger charge is -2.49. The van der Waals surface area contributed by atoms with Gasteiger partial charge in [-0.2, -0.15) is 0 Å². The molecule has 0 aromatic rings. The molecule has 114 valence electrons. The zero-order chi connectivity index (χ0) is 14.2. The summed E-state index contributed by atoms with van der Waals surface area (Å²) in [4.78, 5) is 0. The minimum absolute atomic E-state index is 0.626. The molecule has 0 aromatic carbocycles. The van der Waals surface area contributed by atoms with Gasteiger partial charge in [-0.1, -0.05) is 47.0 Å². The summed E-state index contributed by atoms with van der Waals surface area (Å²) in [6, 6.07) is 0. The van der Waals surface area contributed by atoms with Gasteiger partial charge in [-0.05, 0) is 78.4 Å². The highest BCUT2D eigenvalue weighted by atomic mass is 14.9. The van der Waals surface area contributed by atoms with E-state index in [-0.39, 0.29) is 0 Å². The largest absolute Gasteiger partial charge is 0.0651 e. The van der Waals surface area contributed by atoms with E-state index in [2.05, 4.69) is 27.7 Å². The Morgan fingerprint density at radius 1 is 0.950 bits per heavy atom. The fraction of sp³-hybridized carbons (Fsp3) is 1.00. The molecule has 0 heteroatoms. The summed E-state index contributed by atoms with van der Waals surface area (Å²) >= 11 is 0. The first-order chi connectivity index (χ1) is 9.54. The summed E-state index contributed by atoms with van der Waals surface area (Å²) in [6.07, 6.45) is 14.0. The molecular formula is C20H34. The summed E-state index contributed by atoms with van der Waals surface area (Å²) in [5.74, 6) is 4.16. The lowest BCUT2D eigenvalue weighted by molar-refractivity contribution is -0.00458. The highest BCUT2D eigenvalue weighted by Crippen LogP contribution is 2.90. The Labute approximate surface area is 126 Å². The van der Waals surface area contributed by atoms with Crippen molar-refractivity contribution in [2.75, 3.05) is 0 Å². The van der Waals surface area contributed by atoms with E-state index < -0.39 is 0 Å². The highest BCUT2D eigenvalue weighted by molar-refractivity contribution is 5.32. The van der Waals surface area contributed by atoms with Crippen LogP contribution in [0.2, 0.25) is 0 Å². The van der Waals surface area contributed by atoms with Crippen molar-refractivity contribution in [3.63, 3.8) is 0 Å². The Morgan fingerprint density at radius 2 is 1.75 bits per heavy atom. The number of hydrogen-bond acceptors (Lipinski definition) is 0. The summed E-state index contributed by atoms with van der Waals surface area (Å²) < 4.78 is 0. The second kappa shape index (κ2) is 4.05. The molecular weight excluding hydrogens is 240 g/mol. The Kier molecular flexibility index (Phi) is 2.76. The predicted molar refractivity (Wildman–Crippen MR) is 85.5 cm³/mol. The predicted octanol–water partition coefficient (Wildman–Crippen LogP) is 6.06. The SMILES string of the molecule is CCC1C(C)(C(C)C)CCC2C34CCCCC3CCC124. The van der Waals surface area contributed by atoms with Crippen molar-refractivity contribution in [1.82, 2.24) is 0 Å². The third-order valence-corrected chi connectivity index (χ3v) is 9.17. The molecule has 0 N–H and O–H groups in total. The van der Waals surface area contributed by atoms with Gasteiger partial charge in [-0.25, -0.2) is 0 Å². The van der Waals surface area contributed by atoms with E-state index in [4.69, 9.17) is 0 Å². The lowest BCUT2D eigenvalue weighted by atomic mass is 9.55. The molecule has 6 atom stereocenters. The van der Waals surface area contributed by atoms with Crippen molar-refractivity contribution in [1.29, 1.82) is 0 Å². The van der Waals surface area contributed by atoms with Crippen molar-refractivity contribution in [3.05, 3.63) is 0 Å². The maximum Gasteiger partial charge on any atom is -0.0168 e. The summed E-state index contributed by atoms with van der Waals surface area (Å²) in [6.45, 7) is 10.2. The monoisotopic (exact) mass is 274 g/mol. The van der Waals surface area contributed by atoms with Crippen molar-refractivity contribution in [2.45, 2.75) is 85.5 Å². The van der Waals surface area contributed by atoms with Gasteiger partial charge in [0.05, 0.1) is 0 Å². The zero-order valence-corrected chi connectivity index (χ0v) is 14.2. The zero-order valence-electron chi connectivity index (χ0n) is 14.2. The molecule has 4 aliphatic carbocycles. The van der Waals surface area contributed by atoms with Crippen molar-refractivity contribution < 1.29 is 0 Å². The molecule has 0 aliphatic heterocycles. The molecule has 20 heavy (non-hydrogen) atoms. The molecule has 0 nitrogen and oxygen atoms in total. The molecule has 4 rings (SSSR count). The number of rotatable bonds is 2. The smallest absolute Gasteiger partial charge is 0.0168 e. The second-order valence-corrected chi connectivity index (χ2v) is 9.27. The van der Waals surface area contributed by atoms with E-state index in [1.165, 1.54) is 19.3 Å². The van der Waals surface area contributed by atoms with Crippen LogP contribution in [0.25, 0.3) is 0 Å². The molecule has 4 saturated carbocycles. The third kappa shape index (κ3) is 1.23. The first kappa shape index (κ1) is 13.6. The van der Waals surface area contributed by atoms with E-state index in [1.54, 1.807) is 38.5 Å². The molecule has 0 bridgehead atoms. The Hall–Kier alpha value is 0. The maximum atomic E-state index is 2.65. The molecule has 2 spiro atoms. The van der Waals surface area contributed by atoms with Crippen molar-refractivity contribution in [3.8, 4) is 0 Å². The highest BCUT2D eigenvalue weighted by Gasteiger charge is 2.84. The maximum absolute atomic E-state index is 2.65. The molecule has 6 unspecified atom stereocenters. The molecule has 4 aliphatic rings. The molecule has 4 fully saturated rings. The van der Waals surface area contributed by atoms with E-state index in [0.717, 1.165) is 34.5 Å². The normalized spacial score (nSPS) is 57.1. The van der Waals surface area contributed by atoms with E-state index in [9.17, 15) is 0 Å². The average molecular weight is 274 g/mol. The van der Waals surface area contributed by atoms with Crippen LogP contribution in [0, 0.1) is 39.9 Å². The lowest BCUT2D eigenvalue weighted by Crippen LogP contribution is -2.42. The van der Waals surface area contributed by atoms with E-state index in [1.807, 2.05) is 0 Å². The summed E-state index contributed by atoms with van der Waals surface area (Å²) in [7, 11) is 0. The van der Waals surface area contributed by atoms with Gasteiger partial charge in [0, 0.05) is 0 Å². The Balaban J connectivity index is 1.76. The van der Waals surface area contributed by atoms with Gasteiger partial charge in [0.1, 0.15) is 0 Å². The summed E-state index contributed by atoms with van der Waals surface area (Å²) in [5.41, 5.74) is 2.28. The Morgan fingerprint density at radius 3 is 2.45 bits per heavy atom. The van der Waals surface area contributed by atoms with Crippen LogP contribution in [0.15, 0.2) is 0 Å². The van der Waals surface area contributed by atoms with Crippen LogP contribution in [0.4, 0.5) is 0 Å². The van der Waals surface area contributed by atoms with Gasteiger partial charge in [-0.3, -0.25) is 0 Å². The first-order valence-electron chi connectivity index (χ1n) is 9.54. The van der Waals surface area contributed by atoms with E-state index >= 15 is 0 Å². The van der Waals surface area contributed by atoms with E-state index in [0.29, 0.717) is 5.41 Å². The van der Waals surface area contributed by atoms with Crippen LogP contribution >= 0.6 is 0 Å². The number of hydrogen-bond donors (Lipinski definition) is 0. The van der Waals surface area contributed by atoms with Crippen LogP contribution in [0.1, 0.15) is 85.5 Å². The molecule has 0 saturated heterocycles. The summed E-state index contributed by atoms with van der Waals surface area (Å²) in [5, 5.41) is 0. The van der Waals surface area contributed by atoms with Gasteiger partial charge in [0.25, 0.3) is 0 Å². The molecule has 0 amide bonds. The van der Waals surface area contributed by atoms with Gasteiger partial charge < -0.3 is 0 Å². The fourth-order valence-corrected chi connectivity index (χ4v) is 8.30. The topological polar surface area (TPSA) is 0 Å². The molecule has 0 aromatic heterocycles. The van der Waals surface area contributed by atoms with Gasteiger partial charge in [0.15, 0.2) is 0 Å². The Bertz CT molecular complexity index is 410. The quantitative estimate of drug-likeness (QED) is 0.574. The van der Waals surface area contributed by atoms with Crippen molar-refractivity contribution in [2.24, 2.45) is 39.9 Å². The van der Waals surface area contributed by atoms with Crippen LogP contribution in [0.5, 0.6) is 0 Å². The van der Waals surface area contributed by atoms with Gasteiger partial charge >= 0.3 is 0 Å². The van der Waals surface area contributed by atoms with Crippen LogP contribution < -0.4 is 0 Å². The fourth-order valence-electron chi connectivity index (χ4n) is 8.30. The minimum atomic E-state index is 0.626. The van der Waals surface area contributed by atoms with Crippen LogP contribution in [0.3, 0.4) is 0 Å². The van der Waals surface area contributed by atoms with Crippen molar-refractivity contribution >= 4 is 0 Å². The first-order valence-corrected chi connectivity index (χ1v) is 9.54. The average Bonchev–Trinajstić information content (AvgIpc) is 2.83. The minimum Gasteiger partial charge on any atom is -0.0651 e. The third-order valence-electron chi connectivity index (χ3n) is 9.17. The van der Waals surface area contributed by atoms with Gasteiger partial charge in [-0.15, -0.1) is 0 Å². The molecule has 0 heterocycles. The van der Waals surface area contributed by atoms with Gasteiger partial charge in [0.2, 0.25) is 0 Å². The second-order valence-electron chi connectivity index (χ2n) is 9.27. The molecule has 0 radical (unpaired) electrons. The standard InChI is InChI=1S/C20H34/c1-5-16-18(4,14(2)3)12-10-17-19-11-7-6-8-15(19)9-13-20(16,17)19/h14-17H,5-13H2,1-4H3. The van der Waals surface area contributed by atoms with Crippen LogP contribution in [-0.4, -0.2) is 0 Å². The van der Waals surface area contributed by atoms with Crippen LogP contribution in [-0.2, 0) is 0 Å².